The van der Waals surface area contributed by atoms with E-state index in [-0.39, 0.29) is 12.0 Å². The van der Waals surface area contributed by atoms with Crippen molar-refractivity contribution in [2.45, 2.75) is 45.9 Å². The van der Waals surface area contributed by atoms with Crippen LogP contribution in [0.5, 0.6) is 0 Å². The Balaban J connectivity index is 2.13. The van der Waals surface area contributed by atoms with Crippen LogP contribution in [0.4, 0.5) is 5.69 Å². The Labute approximate surface area is 153 Å². The fourth-order valence-corrected chi connectivity index (χ4v) is 2.87. The van der Waals surface area contributed by atoms with Gasteiger partial charge in [-0.05, 0) is 73.9 Å². The van der Waals surface area contributed by atoms with Gasteiger partial charge in [-0.2, -0.15) is 11.3 Å². The zero-order valence-electron chi connectivity index (χ0n) is 15.2. The second-order valence-electron chi connectivity index (χ2n) is 7.00. The molecule has 134 valence electrons. The standard InChI is InChI=1S/C20H26N2O2S/c1-14(22-12-15-5-7-17(21)8-6-15)18(11-16-9-10-25-13-16)19(23)24-20(2,3)4/h5-11,13-14,22H,12,21H2,1-4H3/b18-11+/t14-/m0/s1. The summed E-state index contributed by atoms with van der Waals surface area (Å²) < 4.78 is 5.58. The molecule has 0 saturated heterocycles. The lowest BCUT2D eigenvalue weighted by molar-refractivity contribution is -0.150. The fraction of sp³-hybridized carbons (Fsp3) is 0.350. The highest BCUT2D eigenvalue weighted by Gasteiger charge is 2.23. The van der Waals surface area contributed by atoms with E-state index in [9.17, 15) is 4.79 Å². The molecule has 0 fully saturated rings. The molecule has 0 spiro atoms. The van der Waals surface area contributed by atoms with Crippen LogP contribution in [0, 0.1) is 0 Å². The van der Waals surface area contributed by atoms with Crippen LogP contribution in [-0.2, 0) is 16.1 Å². The monoisotopic (exact) mass is 358 g/mol. The van der Waals surface area contributed by atoms with Crippen LogP contribution in [0.2, 0.25) is 0 Å². The van der Waals surface area contributed by atoms with E-state index in [4.69, 9.17) is 10.5 Å². The number of nitrogen functional groups attached to an aromatic ring is 1. The third-order valence-corrected chi connectivity index (χ3v) is 4.26. The van der Waals surface area contributed by atoms with Crippen molar-refractivity contribution in [1.82, 2.24) is 5.32 Å². The number of benzene rings is 1. The number of carbonyl (C=O) groups excluding carboxylic acids is 1. The minimum Gasteiger partial charge on any atom is -0.457 e. The molecule has 0 amide bonds. The Morgan fingerprint density at radius 2 is 1.96 bits per heavy atom. The number of nitrogens with one attached hydrogen (secondary N) is 1. The molecular weight excluding hydrogens is 332 g/mol. The van der Waals surface area contributed by atoms with Crippen LogP contribution in [-0.4, -0.2) is 17.6 Å². The topological polar surface area (TPSA) is 64.3 Å². The molecule has 0 bridgehead atoms. The molecule has 1 atom stereocenters. The van der Waals surface area contributed by atoms with Gasteiger partial charge < -0.3 is 15.8 Å². The maximum Gasteiger partial charge on any atom is 0.336 e. The van der Waals surface area contributed by atoms with E-state index < -0.39 is 5.60 Å². The molecule has 2 aromatic rings. The van der Waals surface area contributed by atoms with Gasteiger partial charge in [-0.15, -0.1) is 0 Å². The van der Waals surface area contributed by atoms with Crippen molar-refractivity contribution in [2.24, 2.45) is 0 Å². The number of carbonyl (C=O) groups is 1. The molecule has 5 heteroatoms. The summed E-state index contributed by atoms with van der Waals surface area (Å²) in [5, 5.41) is 7.39. The van der Waals surface area contributed by atoms with Gasteiger partial charge in [-0.25, -0.2) is 4.79 Å². The van der Waals surface area contributed by atoms with Crippen molar-refractivity contribution >= 4 is 29.1 Å². The van der Waals surface area contributed by atoms with Gasteiger partial charge in [0.2, 0.25) is 0 Å². The first kappa shape index (κ1) is 19.2. The Kier molecular flexibility index (Phi) is 6.39. The summed E-state index contributed by atoms with van der Waals surface area (Å²) in [4.78, 5) is 12.6. The quantitative estimate of drug-likeness (QED) is 0.461. The summed E-state index contributed by atoms with van der Waals surface area (Å²) in [6.07, 6.45) is 1.89. The first-order valence-electron chi connectivity index (χ1n) is 8.29. The number of nitrogens with two attached hydrogens (primary N) is 1. The first-order valence-corrected chi connectivity index (χ1v) is 9.24. The smallest absolute Gasteiger partial charge is 0.336 e. The molecule has 0 aliphatic carbocycles. The number of rotatable bonds is 6. The second kappa shape index (κ2) is 8.32. The van der Waals surface area contributed by atoms with Crippen molar-refractivity contribution < 1.29 is 9.53 Å². The van der Waals surface area contributed by atoms with Gasteiger partial charge in [0.15, 0.2) is 0 Å². The summed E-state index contributed by atoms with van der Waals surface area (Å²) in [6, 6.07) is 9.54. The lowest BCUT2D eigenvalue weighted by Gasteiger charge is -2.23. The SMILES string of the molecule is C[C@H](NCc1ccc(N)cc1)/C(=C\c1ccsc1)C(=O)OC(C)(C)C. The molecule has 0 radical (unpaired) electrons. The van der Waals surface area contributed by atoms with E-state index >= 15 is 0 Å². The van der Waals surface area contributed by atoms with Crippen molar-refractivity contribution in [3.63, 3.8) is 0 Å². The largest absolute Gasteiger partial charge is 0.457 e. The summed E-state index contributed by atoms with van der Waals surface area (Å²) in [6.45, 7) is 8.24. The number of ether oxygens (including phenoxy) is 1. The molecule has 0 aliphatic rings. The van der Waals surface area contributed by atoms with Gasteiger partial charge in [0.05, 0.1) is 5.57 Å². The Hall–Kier alpha value is -2.11. The normalized spacial score (nSPS) is 13.5. The zero-order chi connectivity index (χ0) is 18.4. The maximum atomic E-state index is 12.6. The Morgan fingerprint density at radius 1 is 1.28 bits per heavy atom. The molecule has 0 aliphatic heterocycles. The predicted octanol–water partition coefficient (Wildman–Crippen LogP) is 4.23. The molecule has 2 rings (SSSR count). The van der Waals surface area contributed by atoms with E-state index in [0.29, 0.717) is 12.1 Å². The second-order valence-corrected chi connectivity index (χ2v) is 7.78. The lowest BCUT2D eigenvalue weighted by Crippen LogP contribution is -2.34. The van der Waals surface area contributed by atoms with Gasteiger partial charge in [0, 0.05) is 18.3 Å². The average Bonchev–Trinajstić information content (AvgIpc) is 3.03. The molecule has 1 heterocycles. The van der Waals surface area contributed by atoms with Crippen LogP contribution >= 0.6 is 11.3 Å². The minimum atomic E-state index is -0.526. The van der Waals surface area contributed by atoms with Gasteiger partial charge in [0.25, 0.3) is 0 Å². The Bertz CT molecular complexity index is 713. The molecule has 0 unspecified atom stereocenters. The lowest BCUT2D eigenvalue weighted by atomic mass is 10.0. The summed E-state index contributed by atoms with van der Waals surface area (Å²) in [5.41, 5.74) is 8.66. The molecule has 1 aromatic heterocycles. The van der Waals surface area contributed by atoms with E-state index in [1.165, 1.54) is 0 Å². The molecule has 4 nitrogen and oxygen atoms in total. The number of thiophene rings is 1. The van der Waals surface area contributed by atoms with E-state index in [1.807, 2.05) is 74.9 Å². The van der Waals surface area contributed by atoms with Crippen LogP contribution in [0.25, 0.3) is 6.08 Å². The molecule has 25 heavy (non-hydrogen) atoms. The highest BCUT2D eigenvalue weighted by Crippen LogP contribution is 2.18. The number of esters is 1. The van der Waals surface area contributed by atoms with E-state index in [0.717, 1.165) is 16.8 Å². The molecular formula is C20H26N2O2S. The highest BCUT2D eigenvalue weighted by atomic mass is 32.1. The first-order chi connectivity index (χ1) is 11.7. The Morgan fingerprint density at radius 3 is 2.52 bits per heavy atom. The van der Waals surface area contributed by atoms with Gasteiger partial charge in [-0.1, -0.05) is 12.1 Å². The van der Waals surface area contributed by atoms with Gasteiger partial charge in [-0.3, -0.25) is 0 Å². The summed E-state index contributed by atoms with van der Waals surface area (Å²) in [7, 11) is 0. The maximum absolute atomic E-state index is 12.6. The van der Waals surface area contributed by atoms with Crippen LogP contribution in [0.3, 0.4) is 0 Å². The fourth-order valence-electron chi connectivity index (χ4n) is 2.25. The highest BCUT2D eigenvalue weighted by molar-refractivity contribution is 7.08. The van der Waals surface area contributed by atoms with Crippen molar-refractivity contribution in [3.05, 3.63) is 57.8 Å². The van der Waals surface area contributed by atoms with Crippen molar-refractivity contribution in [1.29, 1.82) is 0 Å². The molecule has 0 saturated carbocycles. The molecule has 1 aromatic carbocycles. The number of hydrogen-bond donors (Lipinski definition) is 2. The third kappa shape index (κ3) is 6.36. The third-order valence-electron chi connectivity index (χ3n) is 3.56. The van der Waals surface area contributed by atoms with Crippen LogP contribution in [0.1, 0.15) is 38.8 Å². The van der Waals surface area contributed by atoms with Crippen molar-refractivity contribution in [3.8, 4) is 0 Å². The number of anilines is 1. The van der Waals surface area contributed by atoms with E-state index in [2.05, 4.69) is 5.32 Å². The van der Waals surface area contributed by atoms with Gasteiger partial charge >= 0.3 is 5.97 Å². The predicted molar refractivity (Wildman–Crippen MR) is 105 cm³/mol. The van der Waals surface area contributed by atoms with Crippen LogP contribution < -0.4 is 11.1 Å². The summed E-state index contributed by atoms with van der Waals surface area (Å²) in [5.74, 6) is -0.295. The van der Waals surface area contributed by atoms with Gasteiger partial charge in [0.1, 0.15) is 5.60 Å². The zero-order valence-corrected chi connectivity index (χ0v) is 16.0. The van der Waals surface area contributed by atoms with Crippen LogP contribution in [0.15, 0.2) is 46.7 Å². The van der Waals surface area contributed by atoms with Crippen molar-refractivity contribution in [2.75, 3.05) is 5.73 Å². The average molecular weight is 359 g/mol. The summed E-state index contributed by atoms with van der Waals surface area (Å²) >= 11 is 1.60. The minimum absolute atomic E-state index is 0.146. The number of hydrogen-bond acceptors (Lipinski definition) is 5. The van der Waals surface area contributed by atoms with E-state index in [1.54, 1.807) is 11.3 Å². The molecule has 3 N–H and O–H groups in total.